The van der Waals surface area contributed by atoms with Gasteiger partial charge in [0.2, 0.25) is 0 Å². The van der Waals surface area contributed by atoms with Gasteiger partial charge in [0.25, 0.3) is 5.97 Å². The quantitative estimate of drug-likeness (QED) is 0.416. The van der Waals surface area contributed by atoms with Crippen LogP contribution in [0.3, 0.4) is 0 Å². The molecule has 7 heteroatoms. The van der Waals surface area contributed by atoms with Crippen LogP contribution in [0.4, 0.5) is 0 Å². The highest BCUT2D eigenvalue weighted by molar-refractivity contribution is 5.71. The van der Waals surface area contributed by atoms with Crippen LogP contribution in [-0.2, 0) is 9.59 Å². The van der Waals surface area contributed by atoms with Crippen molar-refractivity contribution in [1.82, 2.24) is 0 Å². The van der Waals surface area contributed by atoms with Crippen LogP contribution in [0.15, 0.2) is 0 Å². The smallest absolute Gasteiger partial charge is 0.332 e. The lowest BCUT2D eigenvalue weighted by Crippen LogP contribution is -2.13. The van der Waals surface area contributed by atoms with Crippen LogP contribution >= 0.6 is 0 Å². The number of carboxylic acid groups (broad SMARTS) is 2. The van der Waals surface area contributed by atoms with Gasteiger partial charge in [-0.15, -0.1) is 0 Å². The summed E-state index contributed by atoms with van der Waals surface area (Å²) in [6, 6.07) is 0. The zero-order valence-corrected chi connectivity index (χ0v) is 6.64. The van der Waals surface area contributed by atoms with E-state index < -0.39 is 18.0 Å². The van der Waals surface area contributed by atoms with E-state index in [0.29, 0.717) is 0 Å². The number of aliphatic carboxylic acids is 2. The van der Waals surface area contributed by atoms with Crippen LogP contribution in [-0.4, -0.2) is 33.4 Å². The van der Waals surface area contributed by atoms with Gasteiger partial charge in [-0.05, 0) is 6.92 Å². The second-order valence-electron chi connectivity index (χ2n) is 1.53. The van der Waals surface area contributed by atoms with Crippen molar-refractivity contribution in [2.45, 2.75) is 20.0 Å². The van der Waals surface area contributed by atoms with E-state index in [1.54, 1.807) is 0 Å². The first kappa shape index (κ1) is 16.8. The van der Waals surface area contributed by atoms with Gasteiger partial charge in [-0.25, -0.2) is 4.79 Å². The van der Waals surface area contributed by atoms with Gasteiger partial charge in [-0.1, -0.05) is 5.59 Å². The van der Waals surface area contributed by atoms with E-state index in [4.69, 9.17) is 25.0 Å². The molecule has 0 bridgehead atoms. The Kier molecular flexibility index (Phi) is 17.1. The molecule has 0 amide bonds. The van der Waals surface area contributed by atoms with Gasteiger partial charge in [-0.3, -0.25) is 4.79 Å². The maximum absolute atomic E-state index is 9.45. The first-order valence-corrected chi connectivity index (χ1v) is 2.68. The fourth-order valence-electron chi connectivity index (χ4n) is 0. The van der Waals surface area contributed by atoms with E-state index >= 15 is 0 Å². The normalized spacial score (nSPS) is 9.25. The zero-order valence-electron chi connectivity index (χ0n) is 6.64. The third-order valence-corrected chi connectivity index (χ3v) is 0.357. The predicted octanol–water partition coefficient (Wildman–Crippen LogP) is -0.126. The molecule has 0 spiro atoms. The molecule has 0 heterocycles. The fraction of sp³-hybridized carbons (Fsp3) is 0.600. The van der Waals surface area contributed by atoms with Gasteiger partial charge >= 0.3 is 5.97 Å². The molecular formula is C5H11NO6. The topological polar surface area (TPSA) is 136 Å². The van der Waals surface area contributed by atoms with Crippen LogP contribution in [0, 0.1) is 10.5 Å². The minimum Gasteiger partial charge on any atom is -0.481 e. The van der Waals surface area contributed by atoms with Crippen molar-refractivity contribution in [2.24, 2.45) is 0 Å². The highest BCUT2D eigenvalue weighted by Gasteiger charge is 2.01. The highest BCUT2D eigenvalue weighted by atomic mass is 16.4. The van der Waals surface area contributed by atoms with Crippen molar-refractivity contribution in [2.75, 3.05) is 0 Å². The monoisotopic (exact) mass is 181 g/mol. The number of aliphatic hydroxyl groups is 1. The lowest BCUT2D eigenvalue weighted by molar-refractivity contribution is -0.145. The van der Waals surface area contributed by atoms with Gasteiger partial charge < -0.3 is 15.3 Å². The summed E-state index contributed by atoms with van der Waals surface area (Å²) < 4.78 is 0. The number of carboxylic acids is 2. The molecule has 72 valence electrons. The van der Waals surface area contributed by atoms with Crippen LogP contribution in [0.5, 0.6) is 0 Å². The SMILES string of the molecule is CC(=O)O.CC(O)C(=O)O.N=O. The molecule has 0 aromatic heterocycles. The van der Waals surface area contributed by atoms with Crippen LogP contribution in [0.25, 0.3) is 0 Å². The lowest BCUT2D eigenvalue weighted by Gasteiger charge is -1.89. The molecule has 4 N–H and O–H groups in total. The first-order valence-electron chi connectivity index (χ1n) is 2.68. The van der Waals surface area contributed by atoms with Gasteiger partial charge in [0.05, 0.1) is 0 Å². The summed E-state index contributed by atoms with van der Waals surface area (Å²) in [6.07, 6.45) is -1.23. The van der Waals surface area contributed by atoms with Gasteiger partial charge in [0.15, 0.2) is 0 Å². The molecule has 0 aliphatic heterocycles. The summed E-state index contributed by atoms with van der Waals surface area (Å²) in [4.78, 5) is 25.9. The van der Waals surface area contributed by atoms with E-state index in [1.165, 1.54) is 6.92 Å². The first-order chi connectivity index (χ1) is 5.37. The van der Waals surface area contributed by atoms with Gasteiger partial charge in [-0.2, -0.15) is 4.91 Å². The largest absolute Gasteiger partial charge is 0.481 e. The van der Waals surface area contributed by atoms with Crippen molar-refractivity contribution in [3.8, 4) is 0 Å². The van der Waals surface area contributed by atoms with E-state index in [9.17, 15) is 4.79 Å². The number of rotatable bonds is 1. The molecule has 1 atom stereocenters. The van der Waals surface area contributed by atoms with Crippen LogP contribution in [0.2, 0.25) is 0 Å². The Hall–Kier alpha value is -1.50. The summed E-state index contributed by atoms with van der Waals surface area (Å²) in [5.41, 5.74) is 4.50. The third-order valence-electron chi connectivity index (χ3n) is 0.357. The third kappa shape index (κ3) is 76.5. The average molecular weight is 181 g/mol. The number of hydrogen-bond donors (Lipinski definition) is 4. The second-order valence-corrected chi connectivity index (χ2v) is 1.53. The zero-order chi connectivity index (χ0) is 10.7. The van der Waals surface area contributed by atoms with Gasteiger partial charge in [0.1, 0.15) is 6.10 Å². The van der Waals surface area contributed by atoms with Crippen LogP contribution in [0.1, 0.15) is 13.8 Å². The minimum atomic E-state index is -1.23. The molecule has 0 radical (unpaired) electrons. The Morgan fingerprint density at radius 2 is 1.33 bits per heavy atom. The summed E-state index contributed by atoms with van der Waals surface area (Å²) in [7, 11) is 0. The Labute approximate surface area is 68.4 Å². The van der Waals surface area contributed by atoms with E-state index in [1.807, 2.05) is 0 Å². The molecule has 0 aliphatic carbocycles. The Balaban J connectivity index is -0.000000118. The number of nitrogens with one attached hydrogen (secondary N) is 1. The molecule has 1 unspecified atom stereocenters. The van der Waals surface area contributed by atoms with Crippen molar-refractivity contribution < 1.29 is 24.9 Å². The van der Waals surface area contributed by atoms with E-state index in [2.05, 4.69) is 5.59 Å². The van der Waals surface area contributed by atoms with E-state index in [0.717, 1.165) is 6.92 Å². The summed E-state index contributed by atoms with van der Waals surface area (Å²) in [5.74, 6) is -2.02. The highest BCUT2D eigenvalue weighted by Crippen LogP contribution is 1.73. The Morgan fingerprint density at radius 1 is 1.25 bits per heavy atom. The van der Waals surface area contributed by atoms with Crippen molar-refractivity contribution >= 4 is 11.9 Å². The van der Waals surface area contributed by atoms with Crippen LogP contribution < -0.4 is 0 Å². The molecule has 0 fully saturated rings. The Morgan fingerprint density at radius 3 is 1.33 bits per heavy atom. The minimum absolute atomic E-state index is 0.833. The van der Waals surface area contributed by atoms with Crippen molar-refractivity contribution in [3.63, 3.8) is 0 Å². The van der Waals surface area contributed by atoms with Crippen molar-refractivity contribution in [1.29, 1.82) is 5.59 Å². The maximum Gasteiger partial charge on any atom is 0.332 e. The number of hydrogen-bond acceptors (Lipinski definition) is 5. The summed E-state index contributed by atoms with van der Waals surface area (Å²) in [6.45, 7) is 2.28. The number of carbonyl (C=O) groups is 2. The fourth-order valence-corrected chi connectivity index (χ4v) is 0. The van der Waals surface area contributed by atoms with E-state index in [-0.39, 0.29) is 0 Å². The predicted molar refractivity (Wildman–Crippen MR) is 38.7 cm³/mol. The number of nitroso groups, excluding NO2 is 1. The average Bonchev–Trinajstić information content (AvgIpc) is 1.90. The van der Waals surface area contributed by atoms with Gasteiger partial charge in [0, 0.05) is 6.92 Å². The molecule has 0 saturated heterocycles. The molecule has 0 aromatic carbocycles. The maximum atomic E-state index is 9.45. The summed E-state index contributed by atoms with van der Waals surface area (Å²) in [5, 5.41) is 23.2. The lowest BCUT2D eigenvalue weighted by atomic mass is 10.4. The molecule has 12 heavy (non-hydrogen) atoms. The standard InChI is InChI=1S/C3H6O3.C2H4O2.HNO/c1-2(4)3(5)6;1-2(3)4;1-2/h2,4H,1H3,(H,5,6);1H3,(H,3,4);1H. The summed E-state index contributed by atoms with van der Waals surface area (Å²) >= 11 is 0. The number of aliphatic hydroxyl groups excluding tert-OH is 1. The molecule has 0 aliphatic rings. The molecule has 0 saturated carbocycles. The molecular weight excluding hydrogens is 170 g/mol. The second kappa shape index (κ2) is 12.2. The molecule has 0 rings (SSSR count). The molecule has 7 nitrogen and oxygen atoms in total. The van der Waals surface area contributed by atoms with Crippen molar-refractivity contribution in [3.05, 3.63) is 4.91 Å². The molecule has 0 aromatic rings. The Bertz CT molecular complexity index is 130.